The Morgan fingerprint density at radius 2 is 1.67 bits per heavy atom. The zero-order valence-electron chi connectivity index (χ0n) is 22.8. The van der Waals surface area contributed by atoms with Gasteiger partial charge in [-0.25, -0.2) is 4.98 Å². The van der Waals surface area contributed by atoms with Crippen LogP contribution >= 0.6 is 0 Å². The maximum absolute atomic E-state index is 12.7. The smallest absolute Gasteiger partial charge is 0.326 e. The van der Waals surface area contributed by atoms with Crippen molar-refractivity contribution in [3.05, 3.63) is 90.2 Å². The third kappa shape index (κ3) is 6.92. The normalized spacial score (nSPS) is 17.9. The summed E-state index contributed by atoms with van der Waals surface area (Å²) in [6.07, 6.45) is 12.8. The van der Waals surface area contributed by atoms with Crippen molar-refractivity contribution in [2.24, 2.45) is 0 Å². The van der Waals surface area contributed by atoms with Crippen LogP contribution in [0.5, 0.6) is 0 Å². The molecule has 0 bridgehead atoms. The van der Waals surface area contributed by atoms with E-state index in [2.05, 4.69) is 71.0 Å². The van der Waals surface area contributed by atoms with E-state index in [1.165, 1.54) is 37.0 Å². The SMILES string of the molecule is CCCCn1c(-c2ccccc2)nc(-c2ccccc2)c1CN(CC1=CCC(OC(F)F)C=C1)C1CCCC1. The first-order valence-electron chi connectivity index (χ1n) is 14.4. The molecule has 1 unspecified atom stereocenters. The second-order valence-electron chi connectivity index (χ2n) is 10.6. The highest BCUT2D eigenvalue weighted by molar-refractivity contribution is 5.68. The van der Waals surface area contributed by atoms with Gasteiger partial charge in [-0.3, -0.25) is 4.90 Å². The van der Waals surface area contributed by atoms with Crippen LogP contribution in [0.25, 0.3) is 22.6 Å². The minimum absolute atomic E-state index is 0.483. The van der Waals surface area contributed by atoms with Crippen molar-refractivity contribution >= 4 is 0 Å². The number of unbranched alkanes of at least 4 members (excludes halogenated alkanes) is 1. The molecule has 5 rings (SSSR count). The predicted molar refractivity (Wildman–Crippen MR) is 153 cm³/mol. The molecule has 1 aromatic heterocycles. The summed E-state index contributed by atoms with van der Waals surface area (Å²) in [4.78, 5) is 7.88. The molecule has 0 amide bonds. The van der Waals surface area contributed by atoms with E-state index in [4.69, 9.17) is 9.72 Å². The van der Waals surface area contributed by atoms with Gasteiger partial charge in [0.2, 0.25) is 0 Å². The van der Waals surface area contributed by atoms with Crippen molar-refractivity contribution in [1.29, 1.82) is 0 Å². The zero-order valence-corrected chi connectivity index (χ0v) is 22.8. The Bertz CT molecular complexity index is 1250. The average molecular weight is 532 g/mol. The molecule has 0 spiro atoms. The summed E-state index contributed by atoms with van der Waals surface area (Å²) in [7, 11) is 0. The molecule has 1 heterocycles. The minimum atomic E-state index is -2.75. The van der Waals surface area contributed by atoms with E-state index in [-0.39, 0.29) is 0 Å². The van der Waals surface area contributed by atoms with Crippen LogP contribution in [0.15, 0.2) is 84.5 Å². The van der Waals surface area contributed by atoms with Crippen LogP contribution in [0.1, 0.15) is 57.6 Å². The Kier molecular flexibility index (Phi) is 9.38. The van der Waals surface area contributed by atoms with Crippen LogP contribution in [0.4, 0.5) is 8.78 Å². The summed E-state index contributed by atoms with van der Waals surface area (Å²) in [5, 5.41) is 0. The number of hydrogen-bond acceptors (Lipinski definition) is 3. The lowest BCUT2D eigenvalue weighted by Crippen LogP contribution is -2.35. The predicted octanol–water partition coefficient (Wildman–Crippen LogP) is 8.26. The lowest BCUT2D eigenvalue weighted by atomic mass is 10.0. The van der Waals surface area contributed by atoms with Crippen LogP contribution < -0.4 is 0 Å². The van der Waals surface area contributed by atoms with Crippen LogP contribution in [-0.2, 0) is 17.8 Å². The third-order valence-corrected chi connectivity index (χ3v) is 7.88. The van der Waals surface area contributed by atoms with Gasteiger partial charge in [-0.05, 0) is 31.3 Å². The lowest BCUT2D eigenvalue weighted by Gasteiger charge is -2.31. The quantitative estimate of drug-likeness (QED) is 0.236. The van der Waals surface area contributed by atoms with Gasteiger partial charge in [0.15, 0.2) is 0 Å². The van der Waals surface area contributed by atoms with E-state index in [0.717, 1.165) is 55.1 Å². The molecule has 0 aliphatic heterocycles. The van der Waals surface area contributed by atoms with Crippen LogP contribution in [-0.4, -0.2) is 39.8 Å². The lowest BCUT2D eigenvalue weighted by molar-refractivity contribution is -0.149. The van der Waals surface area contributed by atoms with Crippen LogP contribution in [0.3, 0.4) is 0 Å². The van der Waals surface area contributed by atoms with Gasteiger partial charge < -0.3 is 9.30 Å². The first kappa shape index (κ1) is 27.5. The fourth-order valence-electron chi connectivity index (χ4n) is 5.84. The second kappa shape index (κ2) is 13.3. The Morgan fingerprint density at radius 3 is 2.28 bits per heavy atom. The van der Waals surface area contributed by atoms with E-state index in [1.807, 2.05) is 18.2 Å². The Morgan fingerprint density at radius 1 is 0.974 bits per heavy atom. The fraction of sp³-hybridized carbons (Fsp3) is 0.424. The summed E-state index contributed by atoms with van der Waals surface area (Å²) < 4.78 is 32.6. The molecule has 2 aliphatic rings. The molecule has 6 heteroatoms. The van der Waals surface area contributed by atoms with Gasteiger partial charge in [-0.1, -0.05) is 105 Å². The van der Waals surface area contributed by atoms with E-state index >= 15 is 0 Å². The van der Waals surface area contributed by atoms with Gasteiger partial charge in [0.05, 0.1) is 17.5 Å². The largest absolute Gasteiger partial charge is 0.345 e. The van der Waals surface area contributed by atoms with Gasteiger partial charge >= 0.3 is 6.61 Å². The molecular weight excluding hydrogens is 492 g/mol. The zero-order chi connectivity index (χ0) is 27.0. The van der Waals surface area contributed by atoms with Crippen LogP contribution in [0.2, 0.25) is 0 Å². The summed E-state index contributed by atoms with van der Waals surface area (Å²) in [6, 6.07) is 21.5. The van der Waals surface area contributed by atoms with Crippen LogP contribution in [0, 0.1) is 0 Å². The number of halogens is 2. The molecule has 2 aliphatic carbocycles. The highest BCUT2D eigenvalue weighted by Gasteiger charge is 2.28. The maximum atomic E-state index is 12.7. The standard InChI is InChI=1S/C33H39F2N3O/c1-2-3-22-38-30(31(26-12-6-4-7-13-26)36-32(38)27-14-8-5-9-15-27)24-37(28-16-10-11-17-28)23-25-18-20-29(21-19-25)39-33(34)35/h4-9,12-15,18-20,28-29,33H,2-3,10-11,16-17,21-24H2,1H3. The summed E-state index contributed by atoms with van der Waals surface area (Å²) in [5.74, 6) is 1.02. The van der Waals surface area contributed by atoms with Gasteiger partial charge in [-0.2, -0.15) is 8.78 Å². The highest BCUT2D eigenvalue weighted by atomic mass is 19.3. The molecule has 1 atom stereocenters. The molecule has 39 heavy (non-hydrogen) atoms. The van der Waals surface area contributed by atoms with E-state index in [1.54, 1.807) is 6.08 Å². The number of ether oxygens (including phenoxy) is 1. The Hall–Kier alpha value is -3.09. The number of alkyl halides is 2. The van der Waals surface area contributed by atoms with Crippen molar-refractivity contribution in [1.82, 2.24) is 14.5 Å². The molecular formula is C33H39F2N3O. The van der Waals surface area contributed by atoms with Gasteiger partial charge in [0.25, 0.3) is 0 Å². The first-order chi connectivity index (χ1) is 19.1. The first-order valence-corrected chi connectivity index (χ1v) is 14.4. The molecule has 1 fully saturated rings. The van der Waals surface area contributed by atoms with Crippen molar-refractivity contribution in [2.45, 2.75) is 83.7 Å². The van der Waals surface area contributed by atoms with Gasteiger partial charge in [0.1, 0.15) is 5.82 Å². The Labute approximate surface area is 231 Å². The van der Waals surface area contributed by atoms with Crippen molar-refractivity contribution < 1.29 is 13.5 Å². The summed E-state index contributed by atoms with van der Waals surface area (Å²) in [5.41, 5.74) is 5.73. The number of imidazole rings is 1. The van der Waals surface area contributed by atoms with Gasteiger partial charge in [-0.15, -0.1) is 0 Å². The van der Waals surface area contributed by atoms with Crippen molar-refractivity contribution in [3.63, 3.8) is 0 Å². The second-order valence-corrected chi connectivity index (χ2v) is 10.6. The fourth-order valence-corrected chi connectivity index (χ4v) is 5.84. The highest BCUT2D eigenvalue weighted by Crippen LogP contribution is 2.34. The molecule has 4 nitrogen and oxygen atoms in total. The molecule has 0 radical (unpaired) electrons. The van der Waals surface area contributed by atoms with E-state index < -0.39 is 12.7 Å². The molecule has 1 saturated carbocycles. The molecule has 3 aromatic rings. The number of nitrogens with zero attached hydrogens (tertiary/aromatic N) is 3. The number of benzene rings is 2. The monoisotopic (exact) mass is 531 g/mol. The van der Waals surface area contributed by atoms with E-state index in [9.17, 15) is 8.78 Å². The number of hydrogen-bond donors (Lipinski definition) is 0. The number of rotatable bonds is 12. The average Bonchev–Trinajstić information content (AvgIpc) is 3.62. The maximum Gasteiger partial charge on any atom is 0.345 e. The van der Waals surface area contributed by atoms with Crippen molar-refractivity contribution in [2.75, 3.05) is 6.54 Å². The topological polar surface area (TPSA) is 30.3 Å². The van der Waals surface area contributed by atoms with Gasteiger partial charge in [0, 0.05) is 36.8 Å². The van der Waals surface area contributed by atoms with Crippen molar-refractivity contribution in [3.8, 4) is 22.6 Å². The van der Waals surface area contributed by atoms with E-state index in [0.29, 0.717) is 12.5 Å². The number of aromatic nitrogens is 2. The Balaban J connectivity index is 1.51. The molecule has 0 N–H and O–H groups in total. The molecule has 2 aromatic carbocycles. The third-order valence-electron chi connectivity index (χ3n) is 7.88. The molecule has 206 valence electrons. The minimum Gasteiger partial charge on any atom is -0.326 e. The summed E-state index contributed by atoms with van der Waals surface area (Å²) in [6.45, 7) is 1.98. The molecule has 0 saturated heterocycles. The summed E-state index contributed by atoms with van der Waals surface area (Å²) >= 11 is 0.